The van der Waals surface area contributed by atoms with Gasteiger partial charge in [0.2, 0.25) is 0 Å². The van der Waals surface area contributed by atoms with Crippen LogP contribution in [0.15, 0.2) is 41.4 Å². The van der Waals surface area contributed by atoms with Crippen molar-refractivity contribution in [1.29, 1.82) is 0 Å². The van der Waals surface area contributed by atoms with Crippen molar-refractivity contribution in [2.75, 3.05) is 33.1 Å². The largest absolute Gasteiger partial charge is 0.612 e. The second kappa shape index (κ2) is 11.2. The fourth-order valence-corrected chi connectivity index (χ4v) is 4.15. The average Bonchev–Trinajstić information content (AvgIpc) is 2.77. The van der Waals surface area contributed by atoms with E-state index in [0.717, 1.165) is 35.4 Å². The summed E-state index contributed by atoms with van der Waals surface area (Å²) in [7, 11) is 1.66. The molecule has 0 saturated carbocycles. The first-order valence-electron chi connectivity index (χ1n) is 11.2. The van der Waals surface area contributed by atoms with Crippen molar-refractivity contribution in [3.63, 3.8) is 0 Å². The number of hydrogen-bond donors (Lipinski definition) is 0. The topological polar surface area (TPSA) is 84.0 Å². The van der Waals surface area contributed by atoms with Gasteiger partial charge in [-0.05, 0) is 81.0 Å². The molecule has 3 rings (SSSR count). The predicted molar refractivity (Wildman–Crippen MR) is 129 cm³/mol. The number of piperidine rings is 1. The number of amides is 1. The molecule has 1 unspecified atom stereocenters. The van der Waals surface area contributed by atoms with E-state index in [4.69, 9.17) is 14.2 Å². The molecular weight excluding hydrogens is 440 g/mol. The molecule has 1 fully saturated rings. The quantitative estimate of drug-likeness (QED) is 0.543. The molecule has 7 nitrogen and oxygen atoms in total. The summed E-state index contributed by atoms with van der Waals surface area (Å²) in [4.78, 5) is 19.2. The number of aromatic nitrogens is 1. The first-order chi connectivity index (χ1) is 15.7. The lowest BCUT2D eigenvalue weighted by Crippen LogP contribution is -2.42. The van der Waals surface area contributed by atoms with E-state index in [1.54, 1.807) is 24.5 Å². The molecule has 1 saturated heterocycles. The summed E-state index contributed by atoms with van der Waals surface area (Å²) in [6, 6.07) is 9.66. The number of nitrogens with zero attached hydrogens (tertiary/aromatic N) is 2. The Morgan fingerprint density at radius 3 is 2.52 bits per heavy atom. The Morgan fingerprint density at radius 2 is 1.94 bits per heavy atom. The number of rotatable bonds is 7. The number of carbonyl (C=O) groups is 1. The third-order valence-corrected chi connectivity index (χ3v) is 6.37. The van der Waals surface area contributed by atoms with Crippen molar-refractivity contribution in [1.82, 2.24) is 9.88 Å². The fourth-order valence-electron chi connectivity index (χ4n) is 3.69. The van der Waals surface area contributed by atoms with E-state index in [2.05, 4.69) is 4.98 Å². The minimum Gasteiger partial charge on any atom is -0.612 e. The van der Waals surface area contributed by atoms with Crippen molar-refractivity contribution in [2.45, 2.75) is 50.7 Å². The highest BCUT2D eigenvalue weighted by Crippen LogP contribution is 2.28. The van der Waals surface area contributed by atoms with Gasteiger partial charge in [0.05, 0.1) is 25.1 Å². The molecule has 1 aliphatic rings. The predicted octanol–water partition coefficient (Wildman–Crippen LogP) is 4.66. The Bertz CT molecular complexity index is 919. The summed E-state index contributed by atoms with van der Waals surface area (Å²) in [5.41, 5.74) is 2.23. The zero-order valence-electron chi connectivity index (χ0n) is 20.1. The van der Waals surface area contributed by atoms with Gasteiger partial charge in [0.25, 0.3) is 0 Å². The van der Waals surface area contributed by atoms with Gasteiger partial charge in [-0.25, -0.2) is 4.79 Å². The number of ether oxygens (including phenoxy) is 3. The minimum absolute atomic E-state index is 0.244. The first-order valence-corrected chi connectivity index (χ1v) is 12.7. The Balaban J connectivity index is 1.59. The van der Waals surface area contributed by atoms with Gasteiger partial charge in [-0.1, -0.05) is 0 Å². The molecule has 0 bridgehead atoms. The number of methoxy groups -OCH3 is 1. The van der Waals surface area contributed by atoms with E-state index < -0.39 is 16.8 Å². The summed E-state index contributed by atoms with van der Waals surface area (Å²) in [5, 5.41) is 0. The van der Waals surface area contributed by atoms with Crippen molar-refractivity contribution in [3.05, 3.63) is 42.1 Å². The monoisotopic (exact) mass is 474 g/mol. The summed E-state index contributed by atoms with van der Waals surface area (Å²) in [5.74, 6) is 1.17. The van der Waals surface area contributed by atoms with Gasteiger partial charge in [-0.15, -0.1) is 0 Å². The second-order valence-corrected chi connectivity index (χ2v) is 10.7. The Hall–Kier alpha value is -2.29. The molecule has 0 N–H and O–H groups in total. The maximum absolute atomic E-state index is 12.3. The van der Waals surface area contributed by atoms with E-state index in [1.165, 1.54) is 0 Å². The van der Waals surface area contributed by atoms with Gasteiger partial charge in [0.1, 0.15) is 17.6 Å². The van der Waals surface area contributed by atoms with Crippen LogP contribution in [0.4, 0.5) is 4.79 Å². The van der Waals surface area contributed by atoms with E-state index in [9.17, 15) is 9.35 Å². The molecule has 1 aliphatic heterocycles. The smallest absolute Gasteiger partial charge is 0.410 e. The summed E-state index contributed by atoms with van der Waals surface area (Å²) >= 11 is -1.05. The van der Waals surface area contributed by atoms with Crippen molar-refractivity contribution >= 4 is 17.3 Å². The van der Waals surface area contributed by atoms with E-state index in [0.29, 0.717) is 37.1 Å². The lowest BCUT2D eigenvalue weighted by molar-refractivity contribution is 0.0164. The van der Waals surface area contributed by atoms with Crippen molar-refractivity contribution in [3.8, 4) is 17.0 Å². The van der Waals surface area contributed by atoms with Gasteiger partial charge >= 0.3 is 6.09 Å². The summed E-state index contributed by atoms with van der Waals surface area (Å²) in [6.07, 6.45) is 4.81. The van der Waals surface area contributed by atoms with Gasteiger partial charge in [-0.2, -0.15) is 0 Å². The maximum Gasteiger partial charge on any atom is 0.410 e. The van der Waals surface area contributed by atoms with E-state index in [1.807, 2.05) is 51.1 Å². The maximum atomic E-state index is 12.3. The van der Waals surface area contributed by atoms with Crippen LogP contribution in [0.3, 0.4) is 0 Å². The molecule has 2 heterocycles. The molecule has 0 radical (unpaired) electrons. The Kier molecular flexibility index (Phi) is 8.62. The minimum atomic E-state index is -1.05. The molecule has 1 aromatic heterocycles. The summed E-state index contributed by atoms with van der Waals surface area (Å²) < 4.78 is 28.6. The lowest BCUT2D eigenvalue weighted by Gasteiger charge is -2.33. The first kappa shape index (κ1) is 25.3. The standard InChI is InChI=1S/C25H34N2O5S/c1-25(2,3)32-24(28)27-12-10-18(11-13-27)16-31-23-9-6-19(14-20(23)17-30-4)22-8-7-21(15-26-22)33(5)29/h6-9,14-15,18H,10-13,16-17H2,1-5H3. The Labute approximate surface area is 199 Å². The summed E-state index contributed by atoms with van der Waals surface area (Å²) in [6.45, 7) is 8.02. The highest BCUT2D eigenvalue weighted by atomic mass is 32.2. The number of likely N-dealkylation sites (tertiary alicyclic amines) is 1. The zero-order valence-corrected chi connectivity index (χ0v) is 20.9. The second-order valence-electron chi connectivity index (χ2n) is 9.31. The third kappa shape index (κ3) is 7.35. The third-order valence-electron chi connectivity index (χ3n) is 5.47. The molecule has 2 aromatic rings. The molecule has 0 spiro atoms. The lowest BCUT2D eigenvalue weighted by atomic mass is 9.98. The van der Waals surface area contributed by atoms with Crippen LogP contribution in [0.5, 0.6) is 5.75 Å². The van der Waals surface area contributed by atoms with Crippen LogP contribution in [-0.4, -0.2) is 59.2 Å². The van der Waals surface area contributed by atoms with Crippen LogP contribution < -0.4 is 4.74 Å². The zero-order chi connectivity index (χ0) is 24.0. The molecule has 33 heavy (non-hydrogen) atoms. The molecule has 0 aliphatic carbocycles. The average molecular weight is 475 g/mol. The van der Waals surface area contributed by atoms with Gasteiger partial charge in [0, 0.05) is 31.3 Å². The Morgan fingerprint density at radius 1 is 1.21 bits per heavy atom. The number of pyridine rings is 1. The van der Waals surface area contributed by atoms with Gasteiger partial charge < -0.3 is 23.7 Å². The number of carbonyl (C=O) groups excluding carboxylic acids is 1. The van der Waals surface area contributed by atoms with Crippen LogP contribution in [0.2, 0.25) is 0 Å². The molecule has 8 heteroatoms. The van der Waals surface area contributed by atoms with Gasteiger partial charge in [-0.3, -0.25) is 4.98 Å². The van der Waals surface area contributed by atoms with Crippen LogP contribution >= 0.6 is 0 Å². The van der Waals surface area contributed by atoms with Crippen LogP contribution in [0.1, 0.15) is 39.2 Å². The van der Waals surface area contributed by atoms with Crippen LogP contribution in [-0.2, 0) is 27.3 Å². The highest BCUT2D eigenvalue weighted by molar-refractivity contribution is 7.90. The van der Waals surface area contributed by atoms with E-state index in [-0.39, 0.29) is 6.09 Å². The fraction of sp³-hybridized carbons (Fsp3) is 0.520. The SMILES string of the molecule is COCc1cc(-c2ccc([S+](C)[O-])cn2)ccc1OCC1CCN(C(=O)OC(C)(C)C)CC1. The highest BCUT2D eigenvalue weighted by Gasteiger charge is 2.27. The molecule has 1 amide bonds. The van der Waals surface area contributed by atoms with Crippen LogP contribution in [0.25, 0.3) is 11.3 Å². The molecule has 180 valence electrons. The van der Waals surface area contributed by atoms with Gasteiger partial charge in [0.15, 0.2) is 4.90 Å². The normalized spacial score (nSPS) is 15.9. The van der Waals surface area contributed by atoms with Crippen molar-refractivity contribution in [2.24, 2.45) is 5.92 Å². The van der Waals surface area contributed by atoms with Crippen LogP contribution in [0, 0.1) is 5.92 Å². The number of benzene rings is 1. The van der Waals surface area contributed by atoms with E-state index >= 15 is 0 Å². The molecular formula is C25H34N2O5S. The number of hydrogen-bond acceptors (Lipinski definition) is 6. The molecule has 1 atom stereocenters. The van der Waals surface area contributed by atoms with Crippen molar-refractivity contribution < 1.29 is 23.6 Å². The molecule has 1 aromatic carbocycles.